The van der Waals surface area contributed by atoms with Crippen LogP contribution in [0.3, 0.4) is 0 Å². The lowest BCUT2D eigenvalue weighted by atomic mass is 9.98. The number of ether oxygens (including phenoxy) is 1. The van der Waals surface area contributed by atoms with Crippen molar-refractivity contribution in [1.29, 1.82) is 0 Å². The van der Waals surface area contributed by atoms with Crippen LogP contribution in [0.15, 0.2) is 24.3 Å². The molecule has 0 aliphatic carbocycles. The van der Waals surface area contributed by atoms with E-state index in [-0.39, 0.29) is 0 Å². The van der Waals surface area contributed by atoms with Crippen LogP contribution in [0.1, 0.15) is 38.7 Å². The van der Waals surface area contributed by atoms with Gasteiger partial charge in [0, 0.05) is 4.83 Å². The van der Waals surface area contributed by atoms with Crippen LogP contribution in [0.25, 0.3) is 0 Å². The average Bonchev–Trinajstić information content (AvgIpc) is 2.25. The summed E-state index contributed by atoms with van der Waals surface area (Å²) in [5, 5.41) is 0. The smallest absolute Gasteiger partial charge is 0.122 e. The van der Waals surface area contributed by atoms with E-state index in [9.17, 15) is 0 Å². The van der Waals surface area contributed by atoms with Crippen LogP contribution in [0, 0.1) is 0 Å². The predicted octanol–water partition coefficient (Wildman–Crippen LogP) is 4.36. The van der Waals surface area contributed by atoms with Gasteiger partial charge in [0.25, 0.3) is 0 Å². The zero-order valence-electron chi connectivity index (χ0n) is 9.66. The molecule has 0 spiro atoms. The molecule has 2 unspecified atom stereocenters. The lowest BCUT2D eigenvalue weighted by molar-refractivity contribution is 0.312. The second kappa shape index (κ2) is 6.16. The number of rotatable bonds is 5. The van der Waals surface area contributed by atoms with Gasteiger partial charge in [0.15, 0.2) is 0 Å². The number of hydrogen-bond acceptors (Lipinski definition) is 1. The van der Waals surface area contributed by atoms with Crippen LogP contribution >= 0.6 is 15.9 Å². The van der Waals surface area contributed by atoms with Gasteiger partial charge in [-0.1, -0.05) is 54.9 Å². The molecule has 2 atom stereocenters. The topological polar surface area (TPSA) is 9.23 Å². The summed E-state index contributed by atoms with van der Waals surface area (Å²) >= 11 is 3.62. The van der Waals surface area contributed by atoms with Crippen molar-refractivity contribution in [3.8, 4) is 5.75 Å². The van der Waals surface area contributed by atoms with E-state index in [1.54, 1.807) is 0 Å². The standard InChI is InChI=1S/C13H19BrO/c1-4-9-15-13-8-6-5-7-12(13)10(2)11(3)14/h5-8,10-11H,4,9H2,1-3H3. The first-order chi connectivity index (χ1) is 7.16. The molecule has 0 bridgehead atoms. The first kappa shape index (κ1) is 12.6. The molecule has 0 aliphatic heterocycles. The van der Waals surface area contributed by atoms with Crippen LogP contribution in [-0.4, -0.2) is 11.4 Å². The molecular formula is C13H19BrO. The molecule has 0 saturated heterocycles. The Labute approximate surface area is 101 Å². The highest BCUT2D eigenvalue weighted by atomic mass is 79.9. The van der Waals surface area contributed by atoms with E-state index in [0.29, 0.717) is 10.7 Å². The lowest BCUT2D eigenvalue weighted by Crippen LogP contribution is -2.07. The van der Waals surface area contributed by atoms with Gasteiger partial charge in [-0.05, 0) is 24.0 Å². The fourth-order valence-corrected chi connectivity index (χ4v) is 1.73. The minimum atomic E-state index is 0.462. The molecule has 1 aromatic carbocycles. The van der Waals surface area contributed by atoms with Crippen molar-refractivity contribution in [3.05, 3.63) is 29.8 Å². The maximum absolute atomic E-state index is 5.74. The fraction of sp³-hybridized carbons (Fsp3) is 0.538. The summed E-state index contributed by atoms with van der Waals surface area (Å²) in [7, 11) is 0. The number of alkyl halides is 1. The molecule has 0 N–H and O–H groups in total. The van der Waals surface area contributed by atoms with Crippen molar-refractivity contribution < 1.29 is 4.74 Å². The molecule has 1 nitrogen and oxygen atoms in total. The maximum Gasteiger partial charge on any atom is 0.122 e. The van der Waals surface area contributed by atoms with Crippen LogP contribution < -0.4 is 4.74 Å². The number of benzene rings is 1. The largest absolute Gasteiger partial charge is 0.493 e. The Hall–Kier alpha value is -0.500. The molecule has 0 amide bonds. The second-order valence-corrected chi connectivity index (χ2v) is 5.30. The van der Waals surface area contributed by atoms with Gasteiger partial charge >= 0.3 is 0 Å². The van der Waals surface area contributed by atoms with Gasteiger partial charge in [-0.2, -0.15) is 0 Å². The Balaban J connectivity index is 2.85. The number of hydrogen-bond donors (Lipinski definition) is 0. The molecule has 15 heavy (non-hydrogen) atoms. The summed E-state index contributed by atoms with van der Waals surface area (Å²) < 4.78 is 5.74. The van der Waals surface area contributed by atoms with Gasteiger partial charge in [0.2, 0.25) is 0 Å². The van der Waals surface area contributed by atoms with E-state index in [2.05, 4.69) is 54.9 Å². The predicted molar refractivity (Wildman–Crippen MR) is 69.0 cm³/mol. The number of halogens is 1. The van der Waals surface area contributed by atoms with E-state index in [1.807, 2.05) is 6.07 Å². The summed E-state index contributed by atoms with van der Waals surface area (Å²) in [6, 6.07) is 8.30. The highest BCUT2D eigenvalue weighted by molar-refractivity contribution is 9.09. The third-order valence-electron chi connectivity index (χ3n) is 2.56. The summed E-state index contributed by atoms with van der Waals surface area (Å²) in [5.74, 6) is 1.50. The summed E-state index contributed by atoms with van der Waals surface area (Å²) in [6.07, 6.45) is 1.05. The third-order valence-corrected chi connectivity index (χ3v) is 3.35. The van der Waals surface area contributed by atoms with E-state index in [1.165, 1.54) is 5.56 Å². The van der Waals surface area contributed by atoms with Gasteiger partial charge < -0.3 is 4.74 Å². The average molecular weight is 271 g/mol. The van der Waals surface area contributed by atoms with E-state index in [0.717, 1.165) is 18.8 Å². The Bertz CT molecular complexity index is 296. The van der Waals surface area contributed by atoms with E-state index in [4.69, 9.17) is 4.74 Å². The zero-order valence-corrected chi connectivity index (χ0v) is 11.3. The highest BCUT2D eigenvalue weighted by Crippen LogP contribution is 2.31. The van der Waals surface area contributed by atoms with E-state index < -0.39 is 0 Å². The molecule has 2 heteroatoms. The Morgan fingerprint density at radius 2 is 1.93 bits per heavy atom. The molecule has 1 aromatic rings. The first-order valence-corrected chi connectivity index (χ1v) is 6.44. The molecule has 0 aliphatic rings. The maximum atomic E-state index is 5.74. The Morgan fingerprint density at radius 3 is 2.53 bits per heavy atom. The van der Waals surface area contributed by atoms with Crippen LogP contribution in [0.4, 0.5) is 0 Å². The molecule has 84 valence electrons. The zero-order chi connectivity index (χ0) is 11.3. The molecule has 0 aromatic heterocycles. The van der Waals surface area contributed by atoms with Crippen molar-refractivity contribution >= 4 is 15.9 Å². The minimum Gasteiger partial charge on any atom is -0.493 e. The van der Waals surface area contributed by atoms with Gasteiger partial charge in [-0.3, -0.25) is 0 Å². The molecule has 0 saturated carbocycles. The van der Waals surface area contributed by atoms with E-state index >= 15 is 0 Å². The highest BCUT2D eigenvalue weighted by Gasteiger charge is 2.15. The minimum absolute atomic E-state index is 0.462. The van der Waals surface area contributed by atoms with Crippen molar-refractivity contribution in [1.82, 2.24) is 0 Å². The summed E-state index contributed by atoms with van der Waals surface area (Å²) in [5.41, 5.74) is 1.29. The molecule has 0 heterocycles. The monoisotopic (exact) mass is 270 g/mol. The van der Waals surface area contributed by atoms with Crippen molar-refractivity contribution in [2.45, 2.75) is 37.9 Å². The third kappa shape index (κ3) is 3.53. The Kier molecular flexibility index (Phi) is 5.16. The van der Waals surface area contributed by atoms with Crippen LogP contribution in [0.2, 0.25) is 0 Å². The van der Waals surface area contributed by atoms with Gasteiger partial charge in [0.05, 0.1) is 6.61 Å². The number of para-hydroxylation sites is 1. The van der Waals surface area contributed by atoms with Gasteiger partial charge in [0.1, 0.15) is 5.75 Å². The van der Waals surface area contributed by atoms with Crippen molar-refractivity contribution in [3.63, 3.8) is 0 Å². The first-order valence-electron chi connectivity index (χ1n) is 5.52. The lowest BCUT2D eigenvalue weighted by Gasteiger charge is -2.18. The van der Waals surface area contributed by atoms with Crippen molar-refractivity contribution in [2.24, 2.45) is 0 Å². The SMILES string of the molecule is CCCOc1ccccc1C(C)C(C)Br. The fourth-order valence-electron chi connectivity index (χ4n) is 1.45. The van der Waals surface area contributed by atoms with Gasteiger partial charge in [-0.15, -0.1) is 0 Å². The van der Waals surface area contributed by atoms with Crippen molar-refractivity contribution in [2.75, 3.05) is 6.61 Å². The second-order valence-electron chi connectivity index (χ2n) is 3.85. The normalized spacial score (nSPS) is 14.7. The summed E-state index contributed by atoms with van der Waals surface area (Å²) in [6.45, 7) is 7.30. The van der Waals surface area contributed by atoms with Crippen LogP contribution in [0.5, 0.6) is 5.75 Å². The molecular weight excluding hydrogens is 252 g/mol. The summed E-state index contributed by atoms with van der Waals surface area (Å²) in [4.78, 5) is 0.462. The molecule has 0 radical (unpaired) electrons. The molecule has 0 fully saturated rings. The van der Waals surface area contributed by atoms with Gasteiger partial charge in [-0.25, -0.2) is 0 Å². The molecule has 1 rings (SSSR count). The Morgan fingerprint density at radius 1 is 1.27 bits per heavy atom. The quantitative estimate of drug-likeness (QED) is 0.723. The van der Waals surface area contributed by atoms with Crippen LogP contribution in [-0.2, 0) is 0 Å².